The lowest BCUT2D eigenvalue weighted by Crippen LogP contribution is -2.13. The van der Waals surface area contributed by atoms with Crippen LogP contribution in [0.5, 0.6) is 0 Å². The fourth-order valence-corrected chi connectivity index (χ4v) is 3.44. The Balaban J connectivity index is 1.64. The molecule has 0 radical (unpaired) electrons. The van der Waals surface area contributed by atoms with Crippen molar-refractivity contribution in [3.8, 4) is 5.69 Å². The molecule has 0 aliphatic heterocycles. The van der Waals surface area contributed by atoms with E-state index in [0.29, 0.717) is 18.8 Å². The lowest BCUT2D eigenvalue weighted by molar-refractivity contribution is -0.116. The van der Waals surface area contributed by atoms with Crippen LogP contribution in [0.2, 0.25) is 0 Å². The highest BCUT2D eigenvalue weighted by atomic mass is 16.1. The molecule has 0 saturated carbocycles. The maximum atomic E-state index is 12.5. The number of carbonyl (C=O) groups excluding carboxylic acids is 1. The van der Waals surface area contributed by atoms with Crippen molar-refractivity contribution in [2.45, 2.75) is 54.0 Å². The third-order valence-corrected chi connectivity index (χ3v) is 4.88. The molecule has 0 unspecified atom stereocenters. The summed E-state index contributed by atoms with van der Waals surface area (Å²) in [5.74, 6) is 0.546. The van der Waals surface area contributed by atoms with E-state index in [4.69, 9.17) is 0 Å². The number of rotatable bonds is 7. The molecule has 2 heterocycles. The number of nitrogens with one attached hydrogen (secondary N) is 1. The van der Waals surface area contributed by atoms with E-state index < -0.39 is 0 Å². The topological polar surface area (TPSA) is 64.7 Å². The van der Waals surface area contributed by atoms with Crippen LogP contribution in [0.3, 0.4) is 0 Å². The molecule has 0 bridgehead atoms. The summed E-state index contributed by atoms with van der Waals surface area (Å²) < 4.78 is 3.91. The average Bonchev–Trinajstić information content (AvgIpc) is 3.17. The van der Waals surface area contributed by atoms with Crippen molar-refractivity contribution < 1.29 is 4.79 Å². The van der Waals surface area contributed by atoms with Gasteiger partial charge in [0.2, 0.25) is 5.91 Å². The van der Waals surface area contributed by atoms with E-state index in [0.717, 1.165) is 35.0 Å². The number of carbonyl (C=O) groups is 1. The molecule has 1 amide bonds. The number of hydrogen-bond donors (Lipinski definition) is 1. The maximum absolute atomic E-state index is 12.5. The van der Waals surface area contributed by atoms with Crippen molar-refractivity contribution in [3.63, 3.8) is 0 Å². The van der Waals surface area contributed by atoms with Gasteiger partial charge in [0.25, 0.3) is 0 Å². The van der Waals surface area contributed by atoms with Gasteiger partial charge in [0.15, 0.2) is 0 Å². The summed E-state index contributed by atoms with van der Waals surface area (Å²) in [6.07, 6.45) is 2.89. The zero-order valence-corrected chi connectivity index (χ0v) is 17.4. The van der Waals surface area contributed by atoms with Gasteiger partial charge in [0.1, 0.15) is 0 Å². The number of aromatic nitrogens is 4. The van der Waals surface area contributed by atoms with Crippen LogP contribution < -0.4 is 5.32 Å². The first-order valence-corrected chi connectivity index (χ1v) is 9.79. The Kier molecular flexibility index (Phi) is 5.97. The van der Waals surface area contributed by atoms with E-state index in [2.05, 4.69) is 41.0 Å². The van der Waals surface area contributed by atoms with E-state index in [1.54, 1.807) is 6.20 Å². The molecule has 0 spiro atoms. The molecule has 0 aliphatic rings. The first kappa shape index (κ1) is 19.9. The van der Waals surface area contributed by atoms with Crippen LogP contribution in [-0.2, 0) is 17.8 Å². The van der Waals surface area contributed by atoms with Gasteiger partial charge >= 0.3 is 0 Å². The van der Waals surface area contributed by atoms with Gasteiger partial charge in [0, 0.05) is 36.2 Å². The van der Waals surface area contributed by atoms with Crippen molar-refractivity contribution in [1.29, 1.82) is 0 Å². The largest absolute Gasteiger partial charge is 0.326 e. The first-order valence-electron chi connectivity index (χ1n) is 9.79. The van der Waals surface area contributed by atoms with Crippen LogP contribution >= 0.6 is 0 Å². The molecule has 1 aromatic carbocycles. The molecule has 28 heavy (non-hydrogen) atoms. The summed E-state index contributed by atoms with van der Waals surface area (Å²) in [5.41, 5.74) is 6.12. The third kappa shape index (κ3) is 4.50. The van der Waals surface area contributed by atoms with Crippen molar-refractivity contribution in [3.05, 3.63) is 59.2 Å². The standard InChI is InChI=1S/C22H29N5O/c1-15(2)14-26-18(5)21(17(4)25-26)9-10-22(28)24-19-7-6-8-20(13-19)27-16(3)11-12-23-27/h6-8,11-13,15H,9-10,14H2,1-5H3,(H,24,28). The molecule has 0 fully saturated rings. The lowest BCUT2D eigenvalue weighted by Gasteiger charge is -2.10. The molecular formula is C22H29N5O. The van der Waals surface area contributed by atoms with Crippen LogP contribution in [0.15, 0.2) is 36.5 Å². The molecule has 6 heteroatoms. The maximum Gasteiger partial charge on any atom is 0.224 e. The molecule has 0 saturated heterocycles. The van der Waals surface area contributed by atoms with Gasteiger partial charge in [-0.1, -0.05) is 19.9 Å². The number of amides is 1. The highest BCUT2D eigenvalue weighted by Gasteiger charge is 2.14. The van der Waals surface area contributed by atoms with Gasteiger partial charge in [-0.25, -0.2) is 4.68 Å². The average molecular weight is 380 g/mol. The summed E-state index contributed by atoms with van der Waals surface area (Å²) in [6.45, 7) is 11.4. The normalized spacial score (nSPS) is 11.2. The number of nitrogens with zero attached hydrogens (tertiary/aromatic N) is 4. The number of anilines is 1. The van der Waals surface area contributed by atoms with E-state index in [9.17, 15) is 4.79 Å². The second-order valence-corrected chi connectivity index (χ2v) is 7.71. The van der Waals surface area contributed by atoms with Crippen molar-refractivity contribution in [2.75, 3.05) is 5.32 Å². The monoisotopic (exact) mass is 379 g/mol. The van der Waals surface area contributed by atoms with Crippen molar-refractivity contribution in [1.82, 2.24) is 19.6 Å². The second kappa shape index (κ2) is 8.42. The van der Waals surface area contributed by atoms with Gasteiger partial charge in [-0.15, -0.1) is 0 Å². The predicted molar refractivity (Wildman–Crippen MR) is 112 cm³/mol. The van der Waals surface area contributed by atoms with Crippen LogP contribution in [0.1, 0.15) is 42.9 Å². The van der Waals surface area contributed by atoms with E-state index in [1.165, 1.54) is 5.56 Å². The minimum Gasteiger partial charge on any atom is -0.326 e. The zero-order valence-electron chi connectivity index (χ0n) is 17.4. The summed E-state index contributed by atoms with van der Waals surface area (Å²) in [7, 11) is 0. The van der Waals surface area contributed by atoms with Crippen LogP contribution in [0, 0.1) is 26.7 Å². The molecule has 2 aromatic heterocycles. The summed E-state index contributed by atoms with van der Waals surface area (Å²) >= 11 is 0. The number of aryl methyl sites for hydroxylation is 2. The third-order valence-electron chi connectivity index (χ3n) is 4.88. The highest BCUT2D eigenvalue weighted by molar-refractivity contribution is 5.91. The highest BCUT2D eigenvalue weighted by Crippen LogP contribution is 2.18. The lowest BCUT2D eigenvalue weighted by atomic mass is 10.1. The molecule has 6 nitrogen and oxygen atoms in total. The fourth-order valence-electron chi connectivity index (χ4n) is 3.44. The molecule has 148 valence electrons. The van der Waals surface area contributed by atoms with Crippen molar-refractivity contribution in [2.24, 2.45) is 5.92 Å². The Morgan fingerprint density at radius 2 is 1.96 bits per heavy atom. The van der Waals surface area contributed by atoms with Gasteiger partial charge < -0.3 is 5.32 Å². The second-order valence-electron chi connectivity index (χ2n) is 7.71. The molecule has 3 aromatic rings. The summed E-state index contributed by atoms with van der Waals surface area (Å²) in [5, 5.41) is 12.0. The van der Waals surface area contributed by atoms with Gasteiger partial charge in [-0.3, -0.25) is 9.48 Å². The molecule has 0 atom stereocenters. The number of benzene rings is 1. The van der Waals surface area contributed by atoms with Crippen LogP contribution in [0.4, 0.5) is 5.69 Å². The molecule has 3 rings (SSSR count). The summed E-state index contributed by atoms with van der Waals surface area (Å²) in [6, 6.07) is 9.70. The SMILES string of the molecule is Cc1nn(CC(C)C)c(C)c1CCC(=O)Nc1cccc(-n2nccc2C)c1. The molecular weight excluding hydrogens is 350 g/mol. The van der Waals surface area contributed by atoms with Gasteiger partial charge in [-0.2, -0.15) is 10.2 Å². The summed E-state index contributed by atoms with van der Waals surface area (Å²) in [4.78, 5) is 12.5. The van der Waals surface area contributed by atoms with E-state index in [-0.39, 0.29) is 5.91 Å². The fraction of sp³-hybridized carbons (Fsp3) is 0.409. The Morgan fingerprint density at radius 1 is 1.18 bits per heavy atom. The van der Waals surface area contributed by atoms with E-state index >= 15 is 0 Å². The van der Waals surface area contributed by atoms with E-state index in [1.807, 2.05) is 48.9 Å². The quantitative estimate of drug-likeness (QED) is 0.668. The van der Waals surface area contributed by atoms with Crippen LogP contribution in [0.25, 0.3) is 5.69 Å². The zero-order chi connectivity index (χ0) is 20.3. The minimum atomic E-state index is 0.00440. The predicted octanol–water partition coefficient (Wildman–Crippen LogP) is 4.22. The number of hydrogen-bond acceptors (Lipinski definition) is 3. The Morgan fingerprint density at radius 3 is 2.64 bits per heavy atom. The molecule has 0 aliphatic carbocycles. The Bertz CT molecular complexity index is 967. The van der Waals surface area contributed by atoms with Crippen molar-refractivity contribution >= 4 is 11.6 Å². The molecule has 1 N–H and O–H groups in total. The minimum absolute atomic E-state index is 0.00440. The van der Waals surface area contributed by atoms with Gasteiger partial charge in [0.05, 0.1) is 11.4 Å². The first-order chi connectivity index (χ1) is 13.3. The smallest absolute Gasteiger partial charge is 0.224 e. The van der Waals surface area contributed by atoms with Crippen LogP contribution in [-0.4, -0.2) is 25.5 Å². The Hall–Kier alpha value is -2.89. The Labute approximate surface area is 166 Å². The van der Waals surface area contributed by atoms with Gasteiger partial charge in [-0.05, 0) is 62.9 Å².